The number of allylic oxidation sites excluding steroid dienone is 1. The monoisotopic (exact) mass is 291 g/mol. The number of amides is 1. The molecule has 1 aromatic rings. The average molecular weight is 291 g/mol. The third kappa shape index (κ3) is 5.30. The molecule has 0 fully saturated rings. The third-order valence-corrected chi connectivity index (χ3v) is 2.94. The maximum absolute atomic E-state index is 11.8. The lowest BCUT2D eigenvalue weighted by Crippen LogP contribution is -2.46. The molecule has 5 nitrogen and oxygen atoms in total. The number of ether oxygens (including phenoxy) is 1. The summed E-state index contributed by atoms with van der Waals surface area (Å²) in [6.07, 6.45) is 2.39. The van der Waals surface area contributed by atoms with Crippen molar-refractivity contribution >= 4 is 11.9 Å². The smallest absolute Gasteiger partial charge is 0.326 e. The Morgan fingerprint density at radius 3 is 2.62 bits per heavy atom. The van der Waals surface area contributed by atoms with Crippen LogP contribution in [-0.4, -0.2) is 29.6 Å². The number of aliphatic carboxylic acids is 1. The maximum atomic E-state index is 11.8. The first-order valence-corrected chi connectivity index (χ1v) is 6.79. The fourth-order valence-electron chi connectivity index (χ4n) is 1.84. The number of carboxylic acid groups (broad SMARTS) is 1. The Balaban J connectivity index is 2.61. The summed E-state index contributed by atoms with van der Waals surface area (Å²) >= 11 is 0. The predicted octanol–water partition coefficient (Wildman–Crippen LogP) is 2.02. The molecular weight excluding hydrogens is 270 g/mol. The number of nitrogens with one attached hydrogen (secondary N) is 1. The molecule has 0 spiro atoms. The zero-order valence-corrected chi connectivity index (χ0v) is 12.3. The summed E-state index contributed by atoms with van der Waals surface area (Å²) < 4.78 is 5.46. The molecule has 0 saturated heterocycles. The van der Waals surface area contributed by atoms with Crippen molar-refractivity contribution in [3.05, 3.63) is 42.5 Å². The van der Waals surface area contributed by atoms with Gasteiger partial charge in [-0.05, 0) is 24.0 Å². The second-order valence-electron chi connectivity index (χ2n) is 5.02. The molecule has 0 aromatic heterocycles. The molecule has 1 aromatic carbocycles. The van der Waals surface area contributed by atoms with Crippen LogP contribution in [0.25, 0.3) is 0 Å². The van der Waals surface area contributed by atoms with E-state index in [0.717, 1.165) is 5.56 Å². The lowest BCUT2D eigenvalue weighted by atomic mass is 10.1. The number of carbonyl (C=O) groups excluding carboxylic acids is 1. The first-order valence-electron chi connectivity index (χ1n) is 6.79. The quantitative estimate of drug-likeness (QED) is 0.718. The molecule has 0 aliphatic carbocycles. The van der Waals surface area contributed by atoms with Crippen LogP contribution in [-0.2, 0) is 16.0 Å². The second kappa shape index (κ2) is 8.09. The summed E-state index contributed by atoms with van der Waals surface area (Å²) in [7, 11) is 0. The topological polar surface area (TPSA) is 75.6 Å². The van der Waals surface area contributed by atoms with Crippen LogP contribution < -0.4 is 10.1 Å². The maximum Gasteiger partial charge on any atom is 0.326 e. The number of hydrogen-bond acceptors (Lipinski definition) is 3. The van der Waals surface area contributed by atoms with Crippen LogP contribution in [0.5, 0.6) is 5.75 Å². The van der Waals surface area contributed by atoms with Crippen molar-refractivity contribution in [2.75, 3.05) is 6.61 Å². The van der Waals surface area contributed by atoms with Gasteiger partial charge in [-0.1, -0.05) is 38.1 Å². The summed E-state index contributed by atoms with van der Waals surface area (Å²) in [5.74, 6) is -1.10. The van der Waals surface area contributed by atoms with E-state index in [1.807, 2.05) is 18.2 Å². The van der Waals surface area contributed by atoms with E-state index in [9.17, 15) is 9.59 Å². The number of carbonyl (C=O) groups is 2. The van der Waals surface area contributed by atoms with Gasteiger partial charge in [0.15, 0.2) is 6.61 Å². The molecule has 0 aliphatic rings. The van der Waals surface area contributed by atoms with Crippen molar-refractivity contribution in [1.29, 1.82) is 0 Å². The Kier molecular flexibility index (Phi) is 6.46. The highest BCUT2D eigenvalue weighted by Gasteiger charge is 2.23. The van der Waals surface area contributed by atoms with Crippen LogP contribution in [0.2, 0.25) is 0 Å². The second-order valence-corrected chi connectivity index (χ2v) is 5.02. The largest absolute Gasteiger partial charge is 0.483 e. The fourth-order valence-corrected chi connectivity index (χ4v) is 1.84. The fraction of sp³-hybridized carbons (Fsp3) is 0.375. The van der Waals surface area contributed by atoms with Crippen molar-refractivity contribution in [2.45, 2.75) is 26.3 Å². The minimum atomic E-state index is -1.05. The number of benzene rings is 1. The molecular formula is C16H21NO4. The van der Waals surface area contributed by atoms with E-state index < -0.39 is 17.9 Å². The van der Waals surface area contributed by atoms with Gasteiger partial charge >= 0.3 is 5.97 Å². The summed E-state index contributed by atoms with van der Waals surface area (Å²) in [6, 6.07) is 6.44. The van der Waals surface area contributed by atoms with Crippen LogP contribution in [0.4, 0.5) is 0 Å². The van der Waals surface area contributed by atoms with E-state index in [-0.39, 0.29) is 12.5 Å². The summed E-state index contributed by atoms with van der Waals surface area (Å²) in [5, 5.41) is 11.5. The molecule has 0 saturated carbocycles. The lowest BCUT2D eigenvalue weighted by molar-refractivity contribution is -0.143. The van der Waals surface area contributed by atoms with Gasteiger partial charge in [0.05, 0.1) is 0 Å². The minimum Gasteiger partial charge on any atom is -0.483 e. The van der Waals surface area contributed by atoms with Crippen LogP contribution in [0.15, 0.2) is 36.9 Å². The standard InChI is InChI=1S/C16H21NO4/c1-4-7-12-8-5-6-9-13(12)21-10-14(18)17-15(11(2)3)16(19)20/h4-6,8-9,11,15H,1,7,10H2,2-3H3,(H,17,18)(H,19,20). The zero-order chi connectivity index (χ0) is 15.8. The van der Waals surface area contributed by atoms with Crippen LogP contribution in [0.3, 0.4) is 0 Å². The molecule has 0 bridgehead atoms. The van der Waals surface area contributed by atoms with Gasteiger partial charge in [0.2, 0.25) is 0 Å². The molecule has 0 radical (unpaired) electrons. The van der Waals surface area contributed by atoms with E-state index in [1.165, 1.54) is 0 Å². The molecule has 2 N–H and O–H groups in total. The molecule has 5 heteroatoms. The van der Waals surface area contributed by atoms with Gasteiger partial charge in [0.1, 0.15) is 11.8 Å². The van der Waals surface area contributed by atoms with Crippen molar-refractivity contribution in [1.82, 2.24) is 5.32 Å². The number of carboxylic acids is 1. The van der Waals surface area contributed by atoms with Gasteiger partial charge in [-0.3, -0.25) is 4.79 Å². The molecule has 0 aliphatic heterocycles. The molecule has 114 valence electrons. The molecule has 1 amide bonds. The summed E-state index contributed by atoms with van der Waals surface area (Å²) in [5.41, 5.74) is 0.930. The van der Waals surface area contributed by atoms with E-state index in [0.29, 0.717) is 12.2 Å². The Bertz CT molecular complexity index is 511. The van der Waals surface area contributed by atoms with Gasteiger partial charge in [-0.15, -0.1) is 6.58 Å². The Labute approximate surface area is 124 Å². The highest BCUT2D eigenvalue weighted by molar-refractivity contribution is 5.84. The summed E-state index contributed by atoms with van der Waals surface area (Å²) in [4.78, 5) is 22.8. The predicted molar refractivity (Wildman–Crippen MR) is 80.2 cm³/mol. The SMILES string of the molecule is C=CCc1ccccc1OCC(=O)NC(C(=O)O)C(C)C. The summed E-state index contributed by atoms with van der Waals surface area (Å²) in [6.45, 7) is 6.92. The highest BCUT2D eigenvalue weighted by Crippen LogP contribution is 2.18. The molecule has 21 heavy (non-hydrogen) atoms. The van der Waals surface area contributed by atoms with E-state index in [1.54, 1.807) is 26.0 Å². The highest BCUT2D eigenvalue weighted by atomic mass is 16.5. The number of rotatable bonds is 8. The molecule has 1 atom stereocenters. The van der Waals surface area contributed by atoms with Crippen molar-refractivity contribution in [2.24, 2.45) is 5.92 Å². The van der Waals surface area contributed by atoms with Crippen molar-refractivity contribution in [3.8, 4) is 5.75 Å². The van der Waals surface area contributed by atoms with Gasteiger partial charge in [-0.25, -0.2) is 4.79 Å². The van der Waals surface area contributed by atoms with Gasteiger partial charge in [-0.2, -0.15) is 0 Å². The van der Waals surface area contributed by atoms with Crippen LogP contribution in [0.1, 0.15) is 19.4 Å². The molecule has 0 heterocycles. The zero-order valence-electron chi connectivity index (χ0n) is 12.3. The normalized spacial score (nSPS) is 11.8. The Morgan fingerprint density at radius 2 is 2.05 bits per heavy atom. The Hall–Kier alpha value is -2.30. The van der Waals surface area contributed by atoms with Crippen LogP contribution >= 0.6 is 0 Å². The third-order valence-electron chi connectivity index (χ3n) is 2.94. The molecule has 1 unspecified atom stereocenters. The first kappa shape index (κ1) is 16.8. The average Bonchev–Trinajstić information content (AvgIpc) is 2.43. The minimum absolute atomic E-state index is 0.195. The number of hydrogen-bond donors (Lipinski definition) is 2. The Morgan fingerprint density at radius 1 is 1.38 bits per heavy atom. The lowest BCUT2D eigenvalue weighted by Gasteiger charge is -2.18. The van der Waals surface area contributed by atoms with Gasteiger partial charge < -0.3 is 15.2 Å². The van der Waals surface area contributed by atoms with Gasteiger partial charge in [0.25, 0.3) is 5.91 Å². The van der Waals surface area contributed by atoms with Gasteiger partial charge in [0, 0.05) is 0 Å². The van der Waals surface area contributed by atoms with E-state index in [2.05, 4.69) is 11.9 Å². The van der Waals surface area contributed by atoms with Crippen molar-refractivity contribution < 1.29 is 19.4 Å². The number of para-hydroxylation sites is 1. The van der Waals surface area contributed by atoms with E-state index >= 15 is 0 Å². The van der Waals surface area contributed by atoms with Crippen LogP contribution in [0, 0.1) is 5.92 Å². The van der Waals surface area contributed by atoms with Crippen molar-refractivity contribution in [3.63, 3.8) is 0 Å². The molecule has 1 rings (SSSR count). The van der Waals surface area contributed by atoms with E-state index in [4.69, 9.17) is 9.84 Å². The first-order chi connectivity index (χ1) is 9.95.